The van der Waals surface area contributed by atoms with Crippen LogP contribution < -0.4 is 10.1 Å². The average molecular weight is 366 g/mol. The second-order valence-corrected chi connectivity index (χ2v) is 7.54. The van der Waals surface area contributed by atoms with Gasteiger partial charge in [-0.2, -0.15) is 0 Å². The Balaban J connectivity index is 1.57. The topological polar surface area (TPSA) is 55.4 Å². The molecule has 0 radical (unpaired) electrons. The minimum atomic E-state index is -0.347. The predicted molar refractivity (Wildman–Crippen MR) is 97.2 cm³/mol. The van der Waals surface area contributed by atoms with Crippen LogP contribution in [0, 0.1) is 5.92 Å². The number of hydrogen-bond acceptors (Lipinski definition) is 4. The van der Waals surface area contributed by atoms with Crippen LogP contribution in [0.3, 0.4) is 0 Å². The molecule has 0 spiro atoms. The molecule has 128 valence electrons. The fourth-order valence-corrected chi connectivity index (χ4v) is 3.92. The maximum atomic E-state index is 11.6. The first-order valence-electron chi connectivity index (χ1n) is 8.29. The molecule has 1 saturated carbocycles. The monoisotopic (exact) mass is 365 g/mol. The summed E-state index contributed by atoms with van der Waals surface area (Å²) in [4.78, 5) is 22.8. The highest BCUT2D eigenvalue weighted by molar-refractivity contribution is 8.27. The molecule has 6 heteroatoms. The lowest BCUT2D eigenvalue weighted by molar-refractivity contribution is -0.107. The van der Waals surface area contributed by atoms with Crippen molar-refractivity contribution in [1.82, 2.24) is 5.32 Å². The first kappa shape index (κ1) is 17.4. The Morgan fingerprint density at radius 3 is 2.71 bits per heavy atom. The van der Waals surface area contributed by atoms with Crippen molar-refractivity contribution >= 4 is 39.8 Å². The Kier molecular flexibility index (Phi) is 5.85. The molecule has 1 aliphatic heterocycles. The van der Waals surface area contributed by atoms with E-state index in [9.17, 15) is 9.59 Å². The summed E-state index contributed by atoms with van der Waals surface area (Å²) in [5.41, 5.74) is 1.04. The van der Waals surface area contributed by atoms with Gasteiger partial charge in [0.15, 0.2) is 0 Å². The summed E-state index contributed by atoms with van der Waals surface area (Å²) >= 11 is 6.93. The maximum Gasteiger partial charge on any atom is 0.291 e. The van der Waals surface area contributed by atoms with Gasteiger partial charge in [-0.25, -0.2) is 0 Å². The van der Waals surface area contributed by atoms with Crippen molar-refractivity contribution in [2.75, 3.05) is 6.61 Å². The average Bonchev–Trinajstić information content (AvgIpc) is 2.88. The first-order chi connectivity index (χ1) is 11.6. The highest BCUT2D eigenvalue weighted by Crippen LogP contribution is 2.30. The molecule has 1 aliphatic carbocycles. The Hall–Kier alpha value is -1.46. The number of benzene rings is 1. The number of nitrogens with one attached hydrogen (secondary N) is 1. The van der Waals surface area contributed by atoms with Crippen LogP contribution in [-0.4, -0.2) is 17.0 Å². The summed E-state index contributed by atoms with van der Waals surface area (Å²) in [7, 11) is 0. The van der Waals surface area contributed by atoms with E-state index in [-0.39, 0.29) is 16.1 Å². The van der Waals surface area contributed by atoms with Crippen molar-refractivity contribution in [2.24, 2.45) is 5.92 Å². The standard InChI is InChI=1S/C18H20ClNO3S/c19-14-10-13(11-15-17(21)24-18(22)20-15)6-7-16(14)23-9-8-12-4-2-1-3-5-12/h6-7,10-12H,1-5,8-9H2,(H,20,22)/b15-11+. The molecule has 1 N–H and O–H groups in total. The van der Waals surface area contributed by atoms with Gasteiger partial charge in [-0.15, -0.1) is 0 Å². The van der Waals surface area contributed by atoms with Gasteiger partial charge >= 0.3 is 0 Å². The van der Waals surface area contributed by atoms with Crippen LogP contribution in [0.4, 0.5) is 4.79 Å². The van der Waals surface area contributed by atoms with Gasteiger partial charge in [0.2, 0.25) is 5.12 Å². The van der Waals surface area contributed by atoms with E-state index >= 15 is 0 Å². The van der Waals surface area contributed by atoms with E-state index < -0.39 is 0 Å². The molecule has 1 heterocycles. The van der Waals surface area contributed by atoms with Gasteiger partial charge in [-0.3, -0.25) is 9.59 Å². The van der Waals surface area contributed by atoms with Crippen LogP contribution in [0.15, 0.2) is 23.9 Å². The predicted octanol–water partition coefficient (Wildman–Crippen LogP) is 5.01. The van der Waals surface area contributed by atoms with Crippen molar-refractivity contribution in [1.29, 1.82) is 0 Å². The van der Waals surface area contributed by atoms with Crippen LogP contribution >= 0.6 is 23.4 Å². The molecule has 1 amide bonds. The molecular weight excluding hydrogens is 346 g/mol. The van der Waals surface area contributed by atoms with Crippen molar-refractivity contribution < 1.29 is 14.3 Å². The molecule has 0 bridgehead atoms. The molecule has 4 nitrogen and oxygen atoms in total. The van der Waals surface area contributed by atoms with Crippen molar-refractivity contribution in [3.8, 4) is 5.75 Å². The third kappa shape index (κ3) is 4.54. The quantitative estimate of drug-likeness (QED) is 0.745. The lowest BCUT2D eigenvalue weighted by Crippen LogP contribution is -2.11. The number of hydrogen-bond donors (Lipinski definition) is 1. The van der Waals surface area contributed by atoms with Crippen LogP contribution in [0.25, 0.3) is 6.08 Å². The summed E-state index contributed by atoms with van der Waals surface area (Å²) in [6.07, 6.45) is 9.34. The zero-order valence-electron chi connectivity index (χ0n) is 13.3. The zero-order chi connectivity index (χ0) is 16.9. The number of thioether (sulfide) groups is 1. The first-order valence-corrected chi connectivity index (χ1v) is 9.48. The van der Waals surface area contributed by atoms with Crippen LogP contribution in [0.5, 0.6) is 5.75 Å². The normalized spacial score (nSPS) is 20.5. The van der Waals surface area contributed by atoms with Gasteiger partial charge in [0.25, 0.3) is 5.24 Å². The van der Waals surface area contributed by atoms with E-state index in [2.05, 4.69) is 5.32 Å². The molecule has 2 aliphatic rings. The van der Waals surface area contributed by atoms with E-state index in [4.69, 9.17) is 16.3 Å². The molecule has 24 heavy (non-hydrogen) atoms. The van der Waals surface area contributed by atoms with E-state index in [1.807, 2.05) is 12.1 Å². The van der Waals surface area contributed by atoms with E-state index in [0.717, 1.165) is 17.9 Å². The minimum absolute atomic E-state index is 0.274. The SMILES string of the molecule is O=C1N/C(=C/c2ccc(OCCC3CCCCC3)c(Cl)c2)C(=O)S1. The molecule has 3 rings (SSSR count). The molecule has 2 fully saturated rings. The highest BCUT2D eigenvalue weighted by Gasteiger charge is 2.25. The largest absolute Gasteiger partial charge is 0.492 e. The molecule has 1 aromatic rings. The summed E-state index contributed by atoms with van der Waals surface area (Å²) in [6, 6.07) is 5.38. The zero-order valence-corrected chi connectivity index (χ0v) is 14.9. The van der Waals surface area contributed by atoms with E-state index in [0.29, 0.717) is 29.1 Å². The third-order valence-corrected chi connectivity index (χ3v) is 5.41. The molecule has 0 atom stereocenters. The van der Waals surface area contributed by atoms with Crippen molar-refractivity contribution in [3.63, 3.8) is 0 Å². The lowest BCUT2D eigenvalue weighted by Gasteiger charge is -2.21. The van der Waals surface area contributed by atoms with E-state index in [1.165, 1.54) is 32.1 Å². The molecule has 0 aromatic heterocycles. The lowest BCUT2D eigenvalue weighted by atomic mass is 9.87. The van der Waals surface area contributed by atoms with Crippen LogP contribution in [0.1, 0.15) is 44.1 Å². The van der Waals surface area contributed by atoms with Gasteiger partial charge in [-0.1, -0.05) is 49.8 Å². The summed E-state index contributed by atoms with van der Waals surface area (Å²) in [5, 5.41) is 2.41. The number of ether oxygens (including phenoxy) is 1. The van der Waals surface area contributed by atoms with Gasteiger partial charge in [0, 0.05) is 11.8 Å². The van der Waals surface area contributed by atoms with Crippen molar-refractivity contribution in [2.45, 2.75) is 38.5 Å². The number of carbonyl (C=O) groups is 2. The Morgan fingerprint density at radius 2 is 2.04 bits per heavy atom. The van der Waals surface area contributed by atoms with Gasteiger partial charge in [0.05, 0.1) is 17.3 Å². The molecule has 1 saturated heterocycles. The second-order valence-electron chi connectivity index (χ2n) is 6.19. The summed E-state index contributed by atoms with van der Waals surface area (Å²) < 4.78 is 5.81. The van der Waals surface area contributed by atoms with Gasteiger partial charge in [0.1, 0.15) is 5.75 Å². The van der Waals surface area contributed by atoms with Gasteiger partial charge in [-0.05, 0) is 36.1 Å². The highest BCUT2D eigenvalue weighted by atomic mass is 35.5. The van der Waals surface area contributed by atoms with E-state index in [1.54, 1.807) is 12.1 Å². The molecular formula is C18H20ClNO3S. The number of rotatable bonds is 5. The summed E-state index contributed by atoms with van der Waals surface area (Å²) in [6.45, 7) is 0.677. The second kappa shape index (κ2) is 8.08. The number of halogens is 1. The maximum absolute atomic E-state index is 11.6. The Morgan fingerprint density at radius 1 is 1.25 bits per heavy atom. The summed E-state index contributed by atoms with van der Waals surface area (Å²) in [5.74, 6) is 1.43. The minimum Gasteiger partial charge on any atom is -0.492 e. The smallest absolute Gasteiger partial charge is 0.291 e. The molecule has 1 aromatic carbocycles. The Labute approximate surface area is 151 Å². The van der Waals surface area contributed by atoms with Crippen molar-refractivity contribution in [3.05, 3.63) is 34.5 Å². The van der Waals surface area contributed by atoms with Gasteiger partial charge < -0.3 is 10.1 Å². The number of carbonyl (C=O) groups excluding carboxylic acids is 2. The number of amides is 1. The molecule has 0 unspecified atom stereocenters. The van der Waals surface area contributed by atoms with Crippen LogP contribution in [-0.2, 0) is 4.79 Å². The fraction of sp³-hybridized carbons (Fsp3) is 0.444. The Bertz CT molecular complexity index is 668. The van der Waals surface area contributed by atoms with Crippen LogP contribution in [0.2, 0.25) is 5.02 Å². The third-order valence-electron chi connectivity index (χ3n) is 4.42. The fourth-order valence-electron chi connectivity index (χ4n) is 3.12.